The first-order valence-electron chi connectivity index (χ1n) is 5.94. The second-order valence-electron chi connectivity index (χ2n) is 4.80. The van der Waals surface area contributed by atoms with Gasteiger partial charge in [-0.2, -0.15) is 0 Å². The van der Waals surface area contributed by atoms with Gasteiger partial charge in [-0.15, -0.1) is 0 Å². The molecule has 0 aliphatic carbocycles. The van der Waals surface area contributed by atoms with Gasteiger partial charge >= 0.3 is 0 Å². The molecule has 0 N–H and O–H groups in total. The lowest BCUT2D eigenvalue weighted by molar-refractivity contribution is -0.120. The Bertz CT molecular complexity index is 386. The third-order valence-corrected chi connectivity index (χ3v) is 2.98. The van der Waals surface area contributed by atoms with Crippen molar-refractivity contribution in [2.45, 2.75) is 39.7 Å². The summed E-state index contributed by atoms with van der Waals surface area (Å²) in [4.78, 5) is 12.6. The van der Waals surface area contributed by atoms with Crippen LogP contribution in [0.2, 0.25) is 0 Å². The lowest BCUT2D eigenvalue weighted by Crippen LogP contribution is -2.26. The first kappa shape index (κ1) is 13.6. The molecule has 0 aliphatic rings. The zero-order valence-electron chi connectivity index (χ0n) is 11.2. The zero-order valence-corrected chi connectivity index (χ0v) is 11.2. The van der Waals surface area contributed by atoms with Gasteiger partial charge in [0, 0.05) is 13.1 Å². The Morgan fingerprint density at radius 2 is 1.88 bits per heavy atom. The summed E-state index contributed by atoms with van der Waals surface area (Å²) in [6.45, 7) is 8.91. The van der Waals surface area contributed by atoms with Crippen molar-refractivity contribution in [3.8, 4) is 5.75 Å². The summed E-state index contributed by atoms with van der Waals surface area (Å²) in [5, 5.41) is 0. The van der Waals surface area contributed by atoms with Crippen LogP contribution in [0.5, 0.6) is 5.75 Å². The van der Waals surface area contributed by atoms with Crippen LogP contribution in [0.25, 0.3) is 0 Å². The van der Waals surface area contributed by atoms with E-state index in [1.807, 2.05) is 19.2 Å². The Labute approximate surface area is 103 Å². The number of benzene rings is 1. The first-order chi connectivity index (χ1) is 7.97. The van der Waals surface area contributed by atoms with E-state index in [1.54, 1.807) is 0 Å². The second kappa shape index (κ2) is 5.71. The predicted octanol–water partition coefficient (Wildman–Crippen LogP) is 3.19. The molecule has 1 aromatic carbocycles. The summed E-state index contributed by atoms with van der Waals surface area (Å²) in [6.07, 6.45) is 0. The molecule has 3 heteroatoms. The maximum atomic E-state index is 10.6. The molecule has 0 spiro atoms. The molecule has 0 amide bonds. The van der Waals surface area contributed by atoms with E-state index in [9.17, 15) is 4.79 Å². The van der Waals surface area contributed by atoms with E-state index in [0.717, 1.165) is 5.69 Å². The van der Waals surface area contributed by atoms with E-state index in [2.05, 4.69) is 38.7 Å². The van der Waals surface area contributed by atoms with Crippen LogP contribution in [0.1, 0.15) is 39.2 Å². The maximum Gasteiger partial charge on any atom is 0.298 e. The van der Waals surface area contributed by atoms with Crippen LogP contribution >= 0.6 is 0 Å². The average Bonchev–Trinajstić information content (AvgIpc) is 2.28. The molecule has 1 aromatic rings. The summed E-state index contributed by atoms with van der Waals surface area (Å²) in [7, 11) is 1.99. The van der Waals surface area contributed by atoms with E-state index >= 15 is 0 Å². The Kier molecular flexibility index (Phi) is 4.55. The van der Waals surface area contributed by atoms with Crippen LogP contribution < -0.4 is 9.64 Å². The van der Waals surface area contributed by atoms with Crippen LogP contribution in [-0.2, 0) is 4.79 Å². The van der Waals surface area contributed by atoms with Crippen molar-refractivity contribution >= 4 is 12.2 Å². The SMILES string of the molecule is CC(C)c1ccc(N(C)C(C)C)c(OC=O)c1. The molecule has 0 aliphatic heterocycles. The van der Waals surface area contributed by atoms with E-state index in [4.69, 9.17) is 4.74 Å². The summed E-state index contributed by atoms with van der Waals surface area (Å²) in [5.74, 6) is 1.05. The number of hydrogen-bond acceptors (Lipinski definition) is 3. The summed E-state index contributed by atoms with van der Waals surface area (Å²) in [5.41, 5.74) is 2.11. The third-order valence-electron chi connectivity index (χ3n) is 2.98. The van der Waals surface area contributed by atoms with Crippen molar-refractivity contribution in [3.63, 3.8) is 0 Å². The van der Waals surface area contributed by atoms with Gasteiger partial charge in [0.1, 0.15) is 0 Å². The summed E-state index contributed by atoms with van der Waals surface area (Å²) in [6, 6.07) is 6.38. The number of ether oxygens (including phenoxy) is 1. The molecule has 3 nitrogen and oxygen atoms in total. The molecule has 0 fully saturated rings. The highest BCUT2D eigenvalue weighted by Crippen LogP contribution is 2.31. The number of hydrogen-bond donors (Lipinski definition) is 0. The van der Waals surface area contributed by atoms with Gasteiger partial charge < -0.3 is 9.64 Å². The Hall–Kier alpha value is -1.51. The second-order valence-corrected chi connectivity index (χ2v) is 4.80. The lowest BCUT2D eigenvalue weighted by Gasteiger charge is -2.26. The molecular weight excluding hydrogens is 214 g/mol. The van der Waals surface area contributed by atoms with Crippen molar-refractivity contribution in [2.75, 3.05) is 11.9 Å². The molecule has 1 rings (SSSR count). The molecule has 0 heterocycles. The summed E-state index contributed by atoms with van der Waals surface area (Å²) < 4.78 is 5.08. The van der Waals surface area contributed by atoms with Gasteiger partial charge in [-0.3, -0.25) is 4.79 Å². The highest BCUT2D eigenvalue weighted by atomic mass is 16.5. The topological polar surface area (TPSA) is 29.5 Å². The maximum absolute atomic E-state index is 10.6. The van der Waals surface area contributed by atoms with E-state index in [1.165, 1.54) is 5.56 Å². The third kappa shape index (κ3) is 3.22. The van der Waals surface area contributed by atoms with Gasteiger partial charge in [0.05, 0.1) is 5.69 Å². The van der Waals surface area contributed by atoms with Gasteiger partial charge in [-0.1, -0.05) is 19.9 Å². The van der Waals surface area contributed by atoms with Crippen LogP contribution in [0.15, 0.2) is 18.2 Å². The highest BCUT2D eigenvalue weighted by molar-refractivity contribution is 5.63. The van der Waals surface area contributed by atoms with E-state index < -0.39 is 0 Å². The predicted molar refractivity (Wildman–Crippen MR) is 70.8 cm³/mol. The number of rotatable bonds is 5. The van der Waals surface area contributed by atoms with Gasteiger partial charge in [0.15, 0.2) is 5.75 Å². The van der Waals surface area contributed by atoms with Gasteiger partial charge in [-0.05, 0) is 37.5 Å². The molecule has 0 bridgehead atoms. The van der Waals surface area contributed by atoms with Gasteiger partial charge in [0.25, 0.3) is 6.47 Å². The minimum atomic E-state index is 0.355. The minimum Gasteiger partial charge on any atom is -0.427 e. The number of nitrogens with zero attached hydrogens (tertiary/aromatic N) is 1. The molecule has 0 saturated heterocycles. The van der Waals surface area contributed by atoms with Gasteiger partial charge in [0.2, 0.25) is 0 Å². The lowest BCUT2D eigenvalue weighted by atomic mass is 10.0. The average molecular weight is 235 g/mol. The smallest absolute Gasteiger partial charge is 0.298 e. The quantitative estimate of drug-likeness (QED) is 0.734. The van der Waals surface area contributed by atoms with Crippen LogP contribution in [0.3, 0.4) is 0 Å². The molecular formula is C14H21NO2. The fourth-order valence-electron chi connectivity index (χ4n) is 1.61. The van der Waals surface area contributed by atoms with Crippen molar-refractivity contribution < 1.29 is 9.53 Å². The molecule has 0 unspecified atom stereocenters. The van der Waals surface area contributed by atoms with Crippen LogP contribution in [0, 0.1) is 0 Å². The number of carbonyl (C=O) groups is 1. The van der Waals surface area contributed by atoms with E-state index in [0.29, 0.717) is 24.2 Å². The Balaban J connectivity index is 3.16. The van der Waals surface area contributed by atoms with Gasteiger partial charge in [-0.25, -0.2) is 0 Å². The number of anilines is 1. The van der Waals surface area contributed by atoms with Crippen molar-refractivity contribution in [1.82, 2.24) is 0 Å². The highest BCUT2D eigenvalue weighted by Gasteiger charge is 2.13. The molecule has 0 aromatic heterocycles. The van der Waals surface area contributed by atoms with Crippen LogP contribution in [-0.4, -0.2) is 19.6 Å². The number of carbonyl (C=O) groups excluding carboxylic acids is 1. The molecule has 0 radical (unpaired) electrons. The molecule has 94 valence electrons. The Morgan fingerprint density at radius 3 is 2.35 bits per heavy atom. The standard InChI is InChI=1S/C14H21NO2/c1-10(2)12-6-7-13(15(5)11(3)4)14(8-12)17-9-16/h6-11H,1-5H3. The fraction of sp³-hybridized carbons (Fsp3) is 0.500. The van der Waals surface area contributed by atoms with Crippen molar-refractivity contribution in [2.24, 2.45) is 0 Å². The van der Waals surface area contributed by atoms with E-state index in [-0.39, 0.29) is 0 Å². The van der Waals surface area contributed by atoms with Crippen molar-refractivity contribution in [3.05, 3.63) is 23.8 Å². The molecule has 0 atom stereocenters. The normalized spacial score (nSPS) is 10.8. The Morgan fingerprint density at radius 1 is 1.24 bits per heavy atom. The largest absolute Gasteiger partial charge is 0.427 e. The van der Waals surface area contributed by atoms with Crippen molar-refractivity contribution in [1.29, 1.82) is 0 Å². The zero-order chi connectivity index (χ0) is 13.0. The minimum absolute atomic E-state index is 0.355. The molecule has 17 heavy (non-hydrogen) atoms. The first-order valence-corrected chi connectivity index (χ1v) is 5.94. The monoisotopic (exact) mass is 235 g/mol. The molecule has 0 saturated carbocycles. The summed E-state index contributed by atoms with van der Waals surface area (Å²) >= 11 is 0. The fourth-order valence-corrected chi connectivity index (χ4v) is 1.61. The van der Waals surface area contributed by atoms with Crippen LogP contribution in [0.4, 0.5) is 5.69 Å².